The molecule has 144 valence electrons. The van der Waals surface area contributed by atoms with Crippen LogP contribution in [-0.2, 0) is 9.53 Å². The van der Waals surface area contributed by atoms with E-state index in [1.165, 1.54) is 0 Å². The lowest BCUT2D eigenvalue weighted by molar-refractivity contribution is -0.115. The number of carbonyl (C=O) groups is 2. The largest absolute Gasteiger partial charge is 0.507 e. The highest BCUT2D eigenvalue weighted by Crippen LogP contribution is 2.40. The van der Waals surface area contributed by atoms with E-state index in [1.54, 1.807) is 17.0 Å². The average Bonchev–Trinajstić information content (AvgIpc) is 2.67. The van der Waals surface area contributed by atoms with Crippen LogP contribution in [0.3, 0.4) is 0 Å². The van der Waals surface area contributed by atoms with Gasteiger partial charge in [-0.2, -0.15) is 0 Å². The number of anilines is 2. The number of nitrogens with zero attached hydrogens (tertiary/aromatic N) is 1. The van der Waals surface area contributed by atoms with Gasteiger partial charge in [0.1, 0.15) is 0 Å². The molecule has 1 saturated heterocycles. The number of rotatable bonds is 2. The van der Waals surface area contributed by atoms with Crippen LogP contribution < -0.4 is 10.2 Å². The zero-order valence-electron chi connectivity index (χ0n) is 15.0. The fourth-order valence-electron chi connectivity index (χ4n) is 3.82. The number of para-hydroxylation sites is 1. The Morgan fingerprint density at radius 2 is 1.96 bits per heavy atom. The summed E-state index contributed by atoms with van der Waals surface area (Å²) in [7, 11) is 0. The van der Waals surface area contributed by atoms with Crippen molar-refractivity contribution in [2.24, 2.45) is 0 Å². The number of ether oxygens (including phenoxy) is 1. The number of piperidine rings is 1. The summed E-state index contributed by atoms with van der Waals surface area (Å²) in [5, 5.41) is 12.6. The predicted octanol–water partition coefficient (Wildman–Crippen LogP) is 4.76. The van der Waals surface area contributed by atoms with Crippen LogP contribution in [0.25, 0.3) is 5.57 Å². The molecule has 2 aliphatic rings. The molecule has 7 heteroatoms. The van der Waals surface area contributed by atoms with Gasteiger partial charge in [0.15, 0.2) is 6.23 Å². The minimum Gasteiger partial charge on any atom is -0.450 e. The highest BCUT2D eigenvalue weighted by atomic mass is 35.5. The van der Waals surface area contributed by atoms with E-state index in [4.69, 9.17) is 21.4 Å². The lowest BCUT2D eigenvalue weighted by Gasteiger charge is -2.34. The van der Waals surface area contributed by atoms with Crippen molar-refractivity contribution in [3.8, 4) is 0 Å². The summed E-state index contributed by atoms with van der Waals surface area (Å²) in [5.41, 5.74) is 3.88. The molecule has 1 amide bonds. The molecule has 2 aromatic carbocycles. The summed E-state index contributed by atoms with van der Waals surface area (Å²) < 4.78 is 4.96. The van der Waals surface area contributed by atoms with Crippen LogP contribution in [0.15, 0.2) is 54.1 Å². The quantitative estimate of drug-likeness (QED) is 0.563. The van der Waals surface area contributed by atoms with Gasteiger partial charge in [-0.15, -0.1) is 0 Å². The summed E-state index contributed by atoms with van der Waals surface area (Å²) in [6.07, 6.45) is -0.386. The van der Waals surface area contributed by atoms with Crippen molar-refractivity contribution in [1.29, 1.82) is 0 Å². The second kappa shape index (κ2) is 7.56. The van der Waals surface area contributed by atoms with E-state index in [2.05, 4.69) is 5.32 Å². The molecule has 0 saturated carbocycles. The van der Waals surface area contributed by atoms with Gasteiger partial charge < -0.3 is 20.1 Å². The summed E-state index contributed by atoms with van der Waals surface area (Å²) in [4.78, 5) is 26.1. The first kappa shape index (κ1) is 18.4. The van der Waals surface area contributed by atoms with E-state index >= 15 is 0 Å². The van der Waals surface area contributed by atoms with Gasteiger partial charge in [0.2, 0.25) is 0 Å². The Morgan fingerprint density at radius 3 is 2.71 bits per heavy atom. The van der Waals surface area contributed by atoms with Crippen LogP contribution in [0.4, 0.5) is 16.2 Å². The van der Waals surface area contributed by atoms with Crippen molar-refractivity contribution in [2.75, 3.05) is 16.8 Å². The molecule has 2 aromatic rings. The lowest BCUT2D eigenvalue weighted by Crippen LogP contribution is -2.38. The third-order valence-electron chi connectivity index (χ3n) is 5.00. The van der Waals surface area contributed by atoms with Crippen molar-refractivity contribution in [3.05, 3.63) is 64.7 Å². The third-order valence-corrected chi connectivity index (χ3v) is 5.23. The van der Waals surface area contributed by atoms with Gasteiger partial charge in [0.05, 0.1) is 0 Å². The maximum absolute atomic E-state index is 13.3. The van der Waals surface area contributed by atoms with E-state index in [9.17, 15) is 9.59 Å². The van der Waals surface area contributed by atoms with Crippen LogP contribution in [-0.4, -0.2) is 29.9 Å². The van der Waals surface area contributed by atoms with Gasteiger partial charge >= 0.3 is 6.16 Å². The standard InChI is InChI=1S/C21H19ClN2O4/c22-13-8-9-15-17(12-19(28-21(26)27)23-18(15)11-13)16-7-4-10-24(20(16)25)14-5-2-1-3-6-14/h1-3,5-6,8-9,11,19,23H,4,7,10,12H2,(H,26,27). The molecule has 6 nitrogen and oxygen atoms in total. The second-order valence-electron chi connectivity index (χ2n) is 6.76. The first-order valence-electron chi connectivity index (χ1n) is 9.08. The number of carbonyl (C=O) groups excluding carboxylic acids is 1. The molecule has 0 aliphatic carbocycles. The van der Waals surface area contributed by atoms with Gasteiger partial charge in [0, 0.05) is 40.5 Å². The van der Waals surface area contributed by atoms with Crippen molar-refractivity contribution in [3.63, 3.8) is 0 Å². The number of amides is 1. The van der Waals surface area contributed by atoms with Crippen LogP contribution in [0.2, 0.25) is 5.02 Å². The summed E-state index contributed by atoms with van der Waals surface area (Å²) >= 11 is 6.11. The molecule has 0 radical (unpaired) electrons. The van der Waals surface area contributed by atoms with Crippen molar-refractivity contribution >= 4 is 40.6 Å². The van der Waals surface area contributed by atoms with Crippen molar-refractivity contribution in [1.82, 2.24) is 0 Å². The molecule has 1 unspecified atom stereocenters. The van der Waals surface area contributed by atoms with Crippen LogP contribution in [0.5, 0.6) is 0 Å². The monoisotopic (exact) mass is 398 g/mol. The molecule has 0 spiro atoms. The topological polar surface area (TPSA) is 78.9 Å². The highest BCUT2D eigenvalue weighted by molar-refractivity contribution is 6.31. The first-order valence-corrected chi connectivity index (χ1v) is 9.45. The average molecular weight is 399 g/mol. The molecule has 1 fully saturated rings. The Kier molecular flexibility index (Phi) is 4.96. The Balaban J connectivity index is 1.77. The zero-order valence-corrected chi connectivity index (χ0v) is 15.8. The number of fused-ring (bicyclic) bond motifs is 1. The van der Waals surface area contributed by atoms with Gasteiger partial charge in [-0.1, -0.05) is 35.9 Å². The fourth-order valence-corrected chi connectivity index (χ4v) is 3.99. The Labute approximate surface area is 167 Å². The van der Waals surface area contributed by atoms with E-state index < -0.39 is 12.4 Å². The predicted molar refractivity (Wildman–Crippen MR) is 108 cm³/mol. The molecule has 0 aromatic heterocycles. The Bertz CT molecular complexity index is 958. The molecule has 2 N–H and O–H groups in total. The van der Waals surface area contributed by atoms with Gasteiger partial charge in [-0.25, -0.2) is 4.79 Å². The molecule has 1 atom stereocenters. The Hall–Kier alpha value is -2.99. The molecular weight excluding hydrogens is 380 g/mol. The normalized spacial score (nSPS) is 21.7. The number of nitrogens with one attached hydrogen (secondary N) is 1. The molecule has 2 heterocycles. The Morgan fingerprint density at radius 1 is 1.18 bits per heavy atom. The summed E-state index contributed by atoms with van der Waals surface area (Å²) in [6.45, 7) is 0.653. The maximum Gasteiger partial charge on any atom is 0.507 e. The fraction of sp³-hybridized carbons (Fsp3) is 0.238. The number of hydrogen-bond acceptors (Lipinski definition) is 4. The van der Waals surface area contributed by atoms with E-state index in [1.807, 2.05) is 36.4 Å². The van der Waals surface area contributed by atoms with Gasteiger partial charge in [-0.05, 0) is 42.7 Å². The van der Waals surface area contributed by atoms with E-state index in [0.717, 1.165) is 23.2 Å². The lowest BCUT2D eigenvalue weighted by atomic mass is 9.87. The number of carboxylic acid groups (broad SMARTS) is 1. The summed E-state index contributed by atoms with van der Waals surface area (Å²) in [6, 6.07) is 14.9. The molecule has 2 aliphatic heterocycles. The zero-order chi connectivity index (χ0) is 19.7. The van der Waals surface area contributed by atoms with Crippen molar-refractivity contribution < 1.29 is 19.4 Å². The first-order chi connectivity index (χ1) is 13.5. The second-order valence-corrected chi connectivity index (χ2v) is 7.20. The number of hydrogen-bond donors (Lipinski definition) is 2. The molecule has 0 bridgehead atoms. The minimum absolute atomic E-state index is 0.0516. The minimum atomic E-state index is -1.37. The van der Waals surface area contributed by atoms with Crippen LogP contribution in [0, 0.1) is 0 Å². The molecule has 4 rings (SSSR count). The third kappa shape index (κ3) is 3.55. The number of halogens is 1. The molecule has 28 heavy (non-hydrogen) atoms. The highest BCUT2D eigenvalue weighted by Gasteiger charge is 2.32. The van der Waals surface area contributed by atoms with E-state index in [-0.39, 0.29) is 12.3 Å². The van der Waals surface area contributed by atoms with Crippen LogP contribution >= 0.6 is 11.6 Å². The smallest absolute Gasteiger partial charge is 0.450 e. The van der Waals surface area contributed by atoms with Crippen molar-refractivity contribution in [2.45, 2.75) is 25.5 Å². The maximum atomic E-state index is 13.3. The summed E-state index contributed by atoms with van der Waals surface area (Å²) in [5.74, 6) is -0.0516. The number of benzene rings is 2. The van der Waals surface area contributed by atoms with Gasteiger partial charge in [-0.3, -0.25) is 4.79 Å². The SMILES string of the molecule is O=C(O)OC1CC(=C2CCCN(c3ccccc3)C2=O)c2ccc(Cl)cc2N1. The molecular formula is C21H19ClN2O4. The van der Waals surface area contributed by atoms with E-state index in [0.29, 0.717) is 29.2 Å². The van der Waals surface area contributed by atoms with Crippen LogP contribution in [0.1, 0.15) is 24.8 Å². The van der Waals surface area contributed by atoms with Gasteiger partial charge in [0.25, 0.3) is 5.91 Å².